The normalized spacial score (nSPS) is 11.9. The van der Waals surface area contributed by atoms with E-state index in [0.717, 1.165) is 42.6 Å². The Kier molecular flexibility index (Phi) is 6.20. The standard InChI is InChI=1S/C20H24O2/c1-3-4-6-11-19(16-12-14-18(22-2)15-13-16)20(21)17-9-7-5-8-10-17/h5,7-10,12-15,19H,3-4,6,11H2,1-2H3. The second-order valence-corrected chi connectivity index (χ2v) is 5.55. The number of carbonyl (C=O) groups excluding carboxylic acids is 1. The first-order valence-electron chi connectivity index (χ1n) is 7.99. The second kappa shape index (κ2) is 8.38. The second-order valence-electron chi connectivity index (χ2n) is 5.55. The molecular weight excluding hydrogens is 272 g/mol. The van der Waals surface area contributed by atoms with Gasteiger partial charge in [0.05, 0.1) is 7.11 Å². The predicted molar refractivity (Wildman–Crippen MR) is 90.6 cm³/mol. The number of ketones is 1. The van der Waals surface area contributed by atoms with Crippen LogP contribution in [0.3, 0.4) is 0 Å². The molecule has 0 aliphatic rings. The number of hydrogen-bond donors (Lipinski definition) is 0. The highest BCUT2D eigenvalue weighted by Crippen LogP contribution is 2.28. The first-order valence-corrected chi connectivity index (χ1v) is 7.99. The molecule has 1 atom stereocenters. The first-order chi connectivity index (χ1) is 10.8. The van der Waals surface area contributed by atoms with E-state index >= 15 is 0 Å². The van der Waals surface area contributed by atoms with Crippen molar-refractivity contribution in [2.24, 2.45) is 0 Å². The van der Waals surface area contributed by atoms with Crippen LogP contribution in [-0.2, 0) is 0 Å². The molecule has 0 aliphatic heterocycles. The van der Waals surface area contributed by atoms with Crippen molar-refractivity contribution >= 4 is 5.78 Å². The summed E-state index contributed by atoms with van der Waals surface area (Å²) in [6.07, 6.45) is 4.29. The highest BCUT2D eigenvalue weighted by Gasteiger charge is 2.21. The first kappa shape index (κ1) is 16.3. The molecule has 2 rings (SSSR count). The van der Waals surface area contributed by atoms with E-state index in [9.17, 15) is 4.79 Å². The molecule has 2 aromatic rings. The topological polar surface area (TPSA) is 26.3 Å². The van der Waals surface area contributed by atoms with E-state index in [1.54, 1.807) is 7.11 Å². The molecule has 0 radical (unpaired) electrons. The van der Waals surface area contributed by atoms with Crippen LogP contribution >= 0.6 is 0 Å². The summed E-state index contributed by atoms with van der Waals surface area (Å²) in [6.45, 7) is 2.18. The molecule has 0 amide bonds. The van der Waals surface area contributed by atoms with E-state index in [4.69, 9.17) is 4.74 Å². The SMILES string of the molecule is CCCCCC(C(=O)c1ccccc1)c1ccc(OC)cc1. The molecule has 2 heteroatoms. The average molecular weight is 296 g/mol. The fourth-order valence-electron chi connectivity index (χ4n) is 2.69. The Labute approximate surface area is 133 Å². The fourth-order valence-corrected chi connectivity index (χ4v) is 2.69. The van der Waals surface area contributed by atoms with Crippen molar-refractivity contribution < 1.29 is 9.53 Å². The van der Waals surface area contributed by atoms with Crippen LogP contribution in [0.25, 0.3) is 0 Å². The molecule has 0 spiro atoms. The van der Waals surface area contributed by atoms with Gasteiger partial charge >= 0.3 is 0 Å². The molecule has 0 saturated heterocycles. The summed E-state index contributed by atoms with van der Waals surface area (Å²) in [5.41, 5.74) is 1.87. The summed E-state index contributed by atoms with van der Waals surface area (Å²) >= 11 is 0. The van der Waals surface area contributed by atoms with Gasteiger partial charge in [0.25, 0.3) is 0 Å². The molecule has 1 unspecified atom stereocenters. The van der Waals surface area contributed by atoms with Crippen LogP contribution in [0.4, 0.5) is 0 Å². The molecule has 0 aromatic heterocycles. The van der Waals surface area contributed by atoms with Gasteiger partial charge in [0.2, 0.25) is 0 Å². The van der Waals surface area contributed by atoms with Gasteiger partial charge in [-0.1, -0.05) is 68.7 Å². The Balaban J connectivity index is 2.23. The maximum absolute atomic E-state index is 12.9. The lowest BCUT2D eigenvalue weighted by Crippen LogP contribution is -2.13. The monoisotopic (exact) mass is 296 g/mol. The molecule has 0 aliphatic carbocycles. The minimum atomic E-state index is -0.0696. The largest absolute Gasteiger partial charge is 0.497 e. The van der Waals surface area contributed by atoms with Crippen LogP contribution in [0.1, 0.15) is 54.4 Å². The lowest BCUT2D eigenvalue weighted by Gasteiger charge is -2.17. The van der Waals surface area contributed by atoms with Crippen molar-refractivity contribution in [3.8, 4) is 5.75 Å². The Morgan fingerprint density at radius 2 is 1.68 bits per heavy atom. The maximum Gasteiger partial charge on any atom is 0.170 e. The number of carbonyl (C=O) groups is 1. The lowest BCUT2D eigenvalue weighted by atomic mass is 9.86. The molecule has 0 saturated carbocycles. The molecule has 116 valence electrons. The van der Waals surface area contributed by atoms with Gasteiger partial charge in [-0.3, -0.25) is 4.79 Å². The van der Waals surface area contributed by atoms with Crippen LogP contribution in [-0.4, -0.2) is 12.9 Å². The van der Waals surface area contributed by atoms with E-state index in [1.807, 2.05) is 54.6 Å². The van der Waals surface area contributed by atoms with Crippen LogP contribution in [0.5, 0.6) is 5.75 Å². The van der Waals surface area contributed by atoms with E-state index in [0.29, 0.717) is 0 Å². The smallest absolute Gasteiger partial charge is 0.170 e. The number of ether oxygens (including phenoxy) is 1. The van der Waals surface area contributed by atoms with Gasteiger partial charge in [0, 0.05) is 11.5 Å². The maximum atomic E-state index is 12.9. The van der Waals surface area contributed by atoms with Gasteiger partial charge in [-0.2, -0.15) is 0 Å². The van der Waals surface area contributed by atoms with Gasteiger partial charge in [-0.15, -0.1) is 0 Å². The van der Waals surface area contributed by atoms with Crippen LogP contribution in [0.2, 0.25) is 0 Å². The zero-order valence-corrected chi connectivity index (χ0v) is 13.4. The molecule has 2 nitrogen and oxygen atoms in total. The van der Waals surface area contributed by atoms with E-state index in [1.165, 1.54) is 0 Å². The third-order valence-electron chi connectivity index (χ3n) is 3.99. The molecule has 2 aromatic carbocycles. The number of rotatable bonds is 8. The van der Waals surface area contributed by atoms with Gasteiger partial charge in [0.15, 0.2) is 5.78 Å². The molecule has 0 fully saturated rings. The summed E-state index contributed by atoms with van der Waals surface area (Å²) in [7, 11) is 1.66. The number of benzene rings is 2. The Bertz CT molecular complexity index is 572. The molecule has 0 bridgehead atoms. The van der Waals surface area contributed by atoms with Crippen molar-refractivity contribution in [1.82, 2.24) is 0 Å². The van der Waals surface area contributed by atoms with Crippen molar-refractivity contribution in [3.05, 3.63) is 65.7 Å². The number of unbranched alkanes of at least 4 members (excludes halogenated alkanes) is 2. The Morgan fingerprint density at radius 1 is 1.00 bits per heavy atom. The molecule has 0 N–H and O–H groups in total. The minimum absolute atomic E-state index is 0.0696. The van der Waals surface area contributed by atoms with Crippen LogP contribution in [0, 0.1) is 0 Å². The van der Waals surface area contributed by atoms with Crippen LogP contribution < -0.4 is 4.74 Å². The average Bonchev–Trinajstić information content (AvgIpc) is 2.59. The van der Waals surface area contributed by atoms with Crippen LogP contribution in [0.15, 0.2) is 54.6 Å². The summed E-state index contributed by atoms with van der Waals surface area (Å²) in [5, 5.41) is 0. The predicted octanol–water partition coefficient (Wildman–Crippen LogP) is 5.24. The van der Waals surface area contributed by atoms with Gasteiger partial charge in [-0.25, -0.2) is 0 Å². The van der Waals surface area contributed by atoms with E-state index in [-0.39, 0.29) is 11.7 Å². The van der Waals surface area contributed by atoms with Gasteiger partial charge < -0.3 is 4.74 Å². The zero-order valence-electron chi connectivity index (χ0n) is 13.4. The lowest BCUT2D eigenvalue weighted by molar-refractivity contribution is 0.0953. The summed E-state index contributed by atoms with van der Waals surface area (Å²) < 4.78 is 5.21. The summed E-state index contributed by atoms with van der Waals surface area (Å²) in [6, 6.07) is 17.5. The van der Waals surface area contributed by atoms with E-state index in [2.05, 4.69) is 6.92 Å². The number of Topliss-reactive ketones (excluding diaryl/α,β-unsaturated/α-hetero) is 1. The van der Waals surface area contributed by atoms with Gasteiger partial charge in [-0.05, 0) is 24.1 Å². The van der Waals surface area contributed by atoms with Crippen molar-refractivity contribution in [3.63, 3.8) is 0 Å². The Morgan fingerprint density at radius 3 is 2.27 bits per heavy atom. The van der Waals surface area contributed by atoms with Crippen molar-refractivity contribution in [2.75, 3.05) is 7.11 Å². The van der Waals surface area contributed by atoms with Crippen molar-refractivity contribution in [1.29, 1.82) is 0 Å². The summed E-state index contributed by atoms with van der Waals surface area (Å²) in [5.74, 6) is 0.963. The molecule has 0 heterocycles. The Hall–Kier alpha value is -2.09. The zero-order chi connectivity index (χ0) is 15.8. The number of methoxy groups -OCH3 is 1. The quantitative estimate of drug-likeness (QED) is 0.492. The highest BCUT2D eigenvalue weighted by atomic mass is 16.5. The molecular formula is C20H24O2. The van der Waals surface area contributed by atoms with Gasteiger partial charge in [0.1, 0.15) is 5.75 Å². The molecule has 22 heavy (non-hydrogen) atoms. The van der Waals surface area contributed by atoms with E-state index < -0.39 is 0 Å². The third-order valence-corrected chi connectivity index (χ3v) is 3.99. The highest BCUT2D eigenvalue weighted by molar-refractivity contribution is 6.00. The van der Waals surface area contributed by atoms with Crippen molar-refractivity contribution in [2.45, 2.75) is 38.5 Å². The number of hydrogen-bond acceptors (Lipinski definition) is 2. The minimum Gasteiger partial charge on any atom is -0.497 e. The summed E-state index contributed by atoms with van der Waals surface area (Å²) in [4.78, 5) is 12.9. The fraction of sp³-hybridized carbons (Fsp3) is 0.350. The third kappa shape index (κ3) is 4.20.